The van der Waals surface area contributed by atoms with E-state index >= 15 is 0 Å². The van der Waals surface area contributed by atoms with Gasteiger partial charge in [0.25, 0.3) is 0 Å². The number of nitrogen functional groups attached to an aromatic ring is 1. The molecule has 0 atom stereocenters. The number of anilines is 1. The van der Waals surface area contributed by atoms with Gasteiger partial charge in [0.05, 0.1) is 4.90 Å². The van der Waals surface area contributed by atoms with Crippen molar-refractivity contribution in [1.82, 2.24) is 0 Å². The zero-order valence-electron chi connectivity index (χ0n) is 6.94. The second-order valence-corrected chi connectivity index (χ2v) is 4.39. The summed E-state index contributed by atoms with van der Waals surface area (Å²) in [5, 5.41) is 0. The third-order valence-electron chi connectivity index (χ3n) is 1.58. The lowest BCUT2D eigenvalue weighted by atomic mass is 10.3. The lowest BCUT2D eigenvalue weighted by Gasteiger charge is -2.04. The van der Waals surface area contributed by atoms with Gasteiger partial charge in [-0.3, -0.25) is 5.84 Å². The fourth-order valence-corrected chi connectivity index (χ4v) is 1.56. The summed E-state index contributed by atoms with van der Waals surface area (Å²) in [5.41, 5.74) is 2.70. The number of sulfone groups is 1. The number of rotatable bonds is 3. The Morgan fingerprint density at radius 3 is 2.07 bits per heavy atom. The highest BCUT2D eigenvalue weighted by atomic mass is 32.2. The summed E-state index contributed by atoms with van der Waals surface area (Å²) < 4.78 is 46.0. The van der Waals surface area contributed by atoms with E-state index in [1.165, 1.54) is 12.1 Å². The second-order valence-electron chi connectivity index (χ2n) is 2.47. The average molecular weight is 222 g/mol. The molecular weight excluding hydrogens is 214 g/mol. The first-order chi connectivity index (χ1) is 6.48. The third-order valence-corrected chi connectivity index (χ3v) is 2.98. The van der Waals surface area contributed by atoms with Crippen LogP contribution in [0.2, 0.25) is 0 Å². The Bertz CT molecular complexity index is 402. The van der Waals surface area contributed by atoms with Crippen LogP contribution < -0.4 is 11.3 Å². The second kappa shape index (κ2) is 3.89. The van der Waals surface area contributed by atoms with E-state index in [0.29, 0.717) is 5.69 Å². The zero-order valence-corrected chi connectivity index (χ0v) is 7.76. The van der Waals surface area contributed by atoms with Crippen LogP contribution in [-0.2, 0) is 9.84 Å². The van der Waals surface area contributed by atoms with Crippen LogP contribution in [0.25, 0.3) is 0 Å². The number of nitrogens with two attached hydrogens (primary N) is 1. The minimum absolute atomic E-state index is 0.425. The van der Waals surface area contributed by atoms with Crippen LogP contribution in [0.15, 0.2) is 29.2 Å². The molecule has 0 fully saturated rings. The molecule has 3 N–H and O–H groups in total. The molecule has 0 aromatic heterocycles. The predicted molar refractivity (Wildman–Crippen MR) is 47.4 cm³/mol. The summed E-state index contributed by atoms with van der Waals surface area (Å²) in [7, 11) is -4.50. The molecule has 0 unspecified atom stereocenters. The Balaban J connectivity index is 3.10. The first-order valence-electron chi connectivity index (χ1n) is 3.57. The van der Waals surface area contributed by atoms with Crippen molar-refractivity contribution in [2.75, 3.05) is 5.43 Å². The van der Waals surface area contributed by atoms with Crippen molar-refractivity contribution in [2.24, 2.45) is 5.84 Å². The van der Waals surface area contributed by atoms with E-state index in [9.17, 15) is 17.2 Å². The van der Waals surface area contributed by atoms with E-state index < -0.39 is 20.5 Å². The fourth-order valence-electron chi connectivity index (χ4n) is 0.844. The predicted octanol–water partition coefficient (Wildman–Crippen LogP) is 0.969. The van der Waals surface area contributed by atoms with Crippen molar-refractivity contribution >= 4 is 15.5 Å². The van der Waals surface area contributed by atoms with Crippen molar-refractivity contribution < 1.29 is 17.2 Å². The summed E-state index contributed by atoms with van der Waals surface area (Å²) in [6, 6.07) is 4.73. The van der Waals surface area contributed by atoms with E-state index in [1.54, 1.807) is 0 Å². The number of hydrogen-bond acceptors (Lipinski definition) is 4. The topological polar surface area (TPSA) is 72.2 Å². The van der Waals surface area contributed by atoms with E-state index in [2.05, 4.69) is 5.43 Å². The number of hydrogen-bond donors (Lipinski definition) is 2. The van der Waals surface area contributed by atoms with Crippen LogP contribution in [0.1, 0.15) is 0 Å². The number of alkyl halides is 2. The van der Waals surface area contributed by atoms with Gasteiger partial charge in [0.1, 0.15) is 0 Å². The molecule has 0 saturated heterocycles. The van der Waals surface area contributed by atoms with Gasteiger partial charge in [-0.2, -0.15) is 8.78 Å². The quantitative estimate of drug-likeness (QED) is 0.590. The van der Waals surface area contributed by atoms with Gasteiger partial charge >= 0.3 is 5.76 Å². The summed E-state index contributed by atoms with van der Waals surface area (Å²) in [4.78, 5) is -0.425. The van der Waals surface area contributed by atoms with Gasteiger partial charge in [-0.15, -0.1) is 0 Å². The van der Waals surface area contributed by atoms with Crippen LogP contribution in [-0.4, -0.2) is 14.2 Å². The summed E-state index contributed by atoms with van der Waals surface area (Å²) in [6.07, 6.45) is 0. The highest BCUT2D eigenvalue weighted by Crippen LogP contribution is 2.19. The molecule has 0 heterocycles. The van der Waals surface area contributed by atoms with Gasteiger partial charge < -0.3 is 5.43 Å². The van der Waals surface area contributed by atoms with Crippen molar-refractivity contribution in [2.45, 2.75) is 10.7 Å². The highest BCUT2D eigenvalue weighted by Gasteiger charge is 2.25. The number of benzene rings is 1. The van der Waals surface area contributed by atoms with E-state index in [0.717, 1.165) is 12.1 Å². The Morgan fingerprint density at radius 1 is 1.21 bits per heavy atom. The van der Waals surface area contributed by atoms with E-state index in [1.807, 2.05) is 0 Å². The molecule has 0 spiro atoms. The molecule has 78 valence electrons. The third kappa shape index (κ3) is 1.99. The van der Waals surface area contributed by atoms with Crippen LogP contribution in [0.3, 0.4) is 0 Å². The molecule has 7 heteroatoms. The molecule has 0 aliphatic carbocycles. The van der Waals surface area contributed by atoms with Crippen molar-refractivity contribution in [1.29, 1.82) is 0 Å². The SMILES string of the molecule is NNc1ccc(S(=O)(=O)C(F)F)cc1. The monoisotopic (exact) mass is 222 g/mol. The molecule has 0 saturated carbocycles. The van der Waals surface area contributed by atoms with Crippen molar-refractivity contribution in [3.63, 3.8) is 0 Å². The van der Waals surface area contributed by atoms with Crippen molar-refractivity contribution in [3.05, 3.63) is 24.3 Å². The summed E-state index contributed by atoms with van der Waals surface area (Å²) in [5.74, 6) is 1.62. The Labute approximate surface area is 79.6 Å². The van der Waals surface area contributed by atoms with Gasteiger partial charge in [0, 0.05) is 5.69 Å². The standard InChI is InChI=1S/C7H8F2N2O2S/c8-7(9)14(12,13)6-3-1-5(11-10)2-4-6/h1-4,7,11H,10H2. The minimum atomic E-state index is -4.50. The van der Waals surface area contributed by atoms with Crippen molar-refractivity contribution in [3.8, 4) is 0 Å². The Kier molecular flexibility index (Phi) is 3.02. The molecule has 0 aliphatic heterocycles. The van der Waals surface area contributed by atoms with Crippen LogP contribution in [0.4, 0.5) is 14.5 Å². The van der Waals surface area contributed by atoms with Gasteiger partial charge in [-0.1, -0.05) is 0 Å². The molecule has 0 aliphatic rings. The van der Waals surface area contributed by atoms with Crippen LogP contribution in [0.5, 0.6) is 0 Å². The molecule has 14 heavy (non-hydrogen) atoms. The summed E-state index contributed by atoms with van der Waals surface area (Å²) >= 11 is 0. The van der Waals surface area contributed by atoms with E-state index in [-0.39, 0.29) is 0 Å². The number of halogens is 2. The smallest absolute Gasteiger partial charge is 0.324 e. The fraction of sp³-hybridized carbons (Fsp3) is 0.143. The lowest BCUT2D eigenvalue weighted by Crippen LogP contribution is -2.12. The van der Waals surface area contributed by atoms with Gasteiger partial charge in [-0.05, 0) is 24.3 Å². The maximum atomic E-state index is 12.1. The molecule has 1 aromatic carbocycles. The van der Waals surface area contributed by atoms with E-state index in [4.69, 9.17) is 5.84 Å². The van der Waals surface area contributed by atoms with Gasteiger partial charge in [0.15, 0.2) is 0 Å². The van der Waals surface area contributed by atoms with Gasteiger partial charge in [0.2, 0.25) is 9.84 Å². The zero-order chi connectivity index (χ0) is 10.8. The molecule has 0 radical (unpaired) electrons. The summed E-state index contributed by atoms with van der Waals surface area (Å²) in [6.45, 7) is 0. The first kappa shape index (κ1) is 10.9. The Morgan fingerprint density at radius 2 is 1.71 bits per heavy atom. The average Bonchev–Trinajstić information content (AvgIpc) is 2.17. The van der Waals surface area contributed by atoms with Crippen LogP contribution >= 0.6 is 0 Å². The van der Waals surface area contributed by atoms with Crippen LogP contribution in [0, 0.1) is 0 Å². The van der Waals surface area contributed by atoms with Gasteiger partial charge in [-0.25, -0.2) is 8.42 Å². The molecule has 1 rings (SSSR count). The molecule has 0 bridgehead atoms. The normalized spacial score (nSPS) is 11.7. The molecule has 1 aromatic rings. The minimum Gasteiger partial charge on any atom is -0.324 e. The number of hydrazine groups is 1. The lowest BCUT2D eigenvalue weighted by molar-refractivity contribution is 0.234. The molecule has 4 nitrogen and oxygen atoms in total. The molecular formula is C7H8F2N2O2S. The largest absolute Gasteiger partial charge is 0.341 e. The Hall–Kier alpha value is -1.21. The maximum absolute atomic E-state index is 12.1. The maximum Gasteiger partial charge on any atom is 0.341 e. The first-order valence-corrected chi connectivity index (χ1v) is 5.12. The number of nitrogens with one attached hydrogen (secondary N) is 1. The molecule has 0 amide bonds. The highest BCUT2D eigenvalue weighted by molar-refractivity contribution is 7.91.